The van der Waals surface area contributed by atoms with Gasteiger partial charge >= 0.3 is 0 Å². The van der Waals surface area contributed by atoms with Crippen LogP contribution in [0.4, 0.5) is 0 Å². The molecule has 1 unspecified atom stereocenters. The van der Waals surface area contributed by atoms with Gasteiger partial charge in [0.2, 0.25) is 0 Å². The van der Waals surface area contributed by atoms with Gasteiger partial charge in [0.1, 0.15) is 0 Å². The number of amides is 1. The van der Waals surface area contributed by atoms with Crippen LogP contribution in [0.15, 0.2) is 82.2 Å². The van der Waals surface area contributed by atoms with Gasteiger partial charge in [-0.05, 0) is 35.7 Å². The van der Waals surface area contributed by atoms with Crippen LogP contribution in [-0.4, -0.2) is 27.7 Å². The van der Waals surface area contributed by atoms with Crippen LogP contribution in [0.3, 0.4) is 0 Å². The Labute approximate surface area is 176 Å². The third kappa shape index (κ3) is 3.93. The van der Waals surface area contributed by atoms with E-state index >= 15 is 0 Å². The third-order valence-electron chi connectivity index (χ3n) is 5.18. The van der Waals surface area contributed by atoms with Crippen LogP contribution in [0.2, 0.25) is 0 Å². The normalized spacial score (nSPS) is 14.2. The molecule has 0 saturated heterocycles. The van der Waals surface area contributed by atoms with Crippen LogP contribution in [0.5, 0.6) is 0 Å². The fraction of sp³-hybridized carbons (Fsp3) is 0.174. The maximum atomic E-state index is 13.5. The number of halogens is 1. The highest BCUT2D eigenvalue weighted by Gasteiger charge is 2.34. The summed E-state index contributed by atoms with van der Waals surface area (Å²) in [4.78, 5) is 40.9. The second-order valence-electron chi connectivity index (χ2n) is 7.00. The number of benzene rings is 2. The van der Waals surface area contributed by atoms with Crippen molar-refractivity contribution in [3.63, 3.8) is 0 Å². The van der Waals surface area contributed by atoms with E-state index in [4.69, 9.17) is 0 Å². The Hall–Kier alpha value is -2.99. The molecule has 3 aromatic rings. The molecular weight excluding hydrogens is 432 g/mol. The van der Waals surface area contributed by atoms with Gasteiger partial charge in [0.15, 0.2) is 11.8 Å². The molecule has 2 heterocycles. The lowest BCUT2D eigenvalue weighted by atomic mass is 9.97. The molecule has 0 aliphatic carbocycles. The largest absolute Gasteiger partial charge is 0.336 e. The van der Waals surface area contributed by atoms with Crippen molar-refractivity contribution in [2.24, 2.45) is 0 Å². The molecule has 1 aromatic heterocycles. The Morgan fingerprint density at radius 3 is 2.31 bits per heavy atom. The SMILES string of the molecule is O=C(c1ccc(Br)cc1)C(C(=O)N1CCc2ccccc2C1)n1ccccc1=O. The second-order valence-corrected chi connectivity index (χ2v) is 7.91. The molecule has 146 valence electrons. The van der Waals surface area contributed by atoms with E-state index in [2.05, 4.69) is 22.0 Å². The van der Waals surface area contributed by atoms with E-state index in [9.17, 15) is 14.4 Å². The number of fused-ring (bicyclic) bond motifs is 1. The van der Waals surface area contributed by atoms with Crippen molar-refractivity contribution in [3.8, 4) is 0 Å². The van der Waals surface area contributed by atoms with E-state index in [0.29, 0.717) is 18.7 Å². The predicted molar refractivity (Wildman–Crippen MR) is 114 cm³/mol. The minimum atomic E-state index is -1.23. The van der Waals surface area contributed by atoms with Crippen LogP contribution < -0.4 is 5.56 Å². The fourth-order valence-electron chi connectivity index (χ4n) is 3.64. The molecular formula is C23H19BrN2O3. The Morgan fingerprint density at radius 1 is 0.897 bits per heavy atom. The average molecular weight is 451 g/mol. The molecule has 1 aliphatic heterocycles. The van der Waals surface area contributed by atoms with Crippen molar-refractivity contribution in [3.05, 3.63) is 104 Å². The number of hydrogen-bond donors (Lipinski definition) is 0. The third-order valence-corrected chi connectivity index (χ3v) is 5.71. The second kappa shape index (κ2) is 8.17. The zero-order chi connectivity index (χ0) is 20.4. The number of hydrogen-bond acceptors (Lipinski definition) is 3. The smallest absolute Gasteiger partial charge is 0.254 e. The number of nitrogens with zero attached hydrogens (tertiary/aromatic N) is 2. The van der Waals surface area contributed by atoms with Crippen molar-refractivity contribution in [1.29, 1.82) is 0 Å². The van der Waals surface area contributed by atoms with Gasteiger partial charge in [-0.15, -0.1) is 0 Å². The van der Waals surface area contributed by atoms with Crippen molar-refractivity contribution < 1.29 is 9.59 Å². The molecule has 1 amide bonds. The highest BCUT2D eigenvalue weighted by molar-refractivity contribution is 9.10. The van der Waals surface area contributed by atoms with Gasteiger partial charge in [-0.2, -0.15) is 0 Å². The van der Waals surface area contributed by atoms with Crippen molar-refractivity contribution in [1.82, 2.24) is 9.47 Å². The van der Waals surface area contributed by atoms with Gasteiger partial charge in [-0.3, -0.25) is 19.0 Å². The summed E-state index contributed by atoms with van der Waals surface area (Å²) in [7, 11) is 0. The van der Waals surface area contributed by atoms with Crippen LogP contribution in [0.1, 0.15) is 27.5 Å². The molecule has 0 fully saturated rings. The maximum Gasteiger partial charge on any atom is 0.254 e. The molecule has 0 radical (unpaired) electrons. The first-order valence-corrected chi connectivity index (χ1v) is 10.2. The number of carbonyl (C=O) groups excluding carboxylic acids is 2. The molecule has 0 spiro atoms. The summed E-state index contributed by atoms with van der Waals surface area (Å²) >= 11 is 3.35. The summed E-state index contributed by atoms with van der Waals surface area (Å²) in [6, 6.07) is 18.2. The predicted octanol–water partition coefficient (Wildman–Crippen LogP) is 3.62. The molecule has 0 N–H and O–H groups in total. The van der Waals surface area contributed by atoms with Gasteiger partial charge < -0.3 is 4.90 Å². The first kappa shape index (κ1) is 19.3. The first-order valence-electron chi connectivity index (χ1n) is 9.37. The number of pyridine rings is 1. The Kier molecular flexibility index (Phi) is 5.45. The number of Topliss-reactive ketones (excluding diaryl/α,β-unsaturated/α-hetero) is 1. The van der Waals surface area contributed by atoms with E-state index in [1.807, 2.05) is 18.2 Å². The lowest BCUT2D eigenvalue weighted by molar-refractivity contribution is -0.134. The highest BCUT2D eigenvalue weighted by atomic mass is 79.9. The van der Waals surface area contributed by atoms with Crippen molar-refractivity contribution in [2.45, 2.75) is 19.0 Å². The first-order chi connectivity index (χ1) is 14.0. The van der Waals surface area contributed by atoms with Crippen LogP contribution in [0.25, 0.3) is 0 Å². The molecule has 2 aromatic carbocycles. The molecule has 0 saturated carbocycles. The summed E-state index contributed by atoms with van der Waals surface area (Å²) in [5.74, 6) is -0.754. The summed E-state index contributed by atoms with van der Waals surface area (Å²) in [6.45, 7) is 0.947. The van der Waals surface area contributed by atoms with Gasteiger partial charge in [0, 0.05) is 35.4 Å². The quantitative estimate of drug-likeness (QED) is 0.450. The minimum absolute atomic E-state index is 0.360. The van der Waals surface area contributed by atoms with Gasteiger partial charge in [0.05, 0.1) is 0 Å². The zero-order valence-electron chi connectivity index (χ0n) is 15.6. The van der Waals surface area contributed by atoms with Crippen molar-refractivity contribution >= 4 is 27.6 Å². The van der Waals surface area contributed by atoms with E-state index in [-0.39, 0.29) is 11.5 Å². The molecule has 4 rings (SSSR count). The number of ketones is 1. The van der Waals surface area contributed by atoms with Gasteiger partial charge in [-0.25, -0.2) is 0 Å². The van der Waals surface area contributed by atoms with E-state index in [1.54, 1.807) is 41.3 Å². The van der Waals surface area contributed by atoms with Crippen LogP contribution >= 0.6 is 15.9 Å². The fourth-order valence-corrected chi connectivity index (χ4v) is 3.90. The van der Waals surface area contributed by atoms with Gasteiger partial charge in [0.25, 0.3) is 11.5 Å². The molecule has 1 aliphatic rings. The Bertz CT molecular complexity index is 1120. The average Bonchev–Trinajstić information content (AvgIpc) is 2.75. The van der Waals surface area contributed by atoms with Crippen molar-refractivity contribution in [2.75, 3.05) is 6.54 Å². The highest BCUT2D eigenvalue weighted by Crippen LogP contribution is 2.24. The summed E-state index contributed by atoms with van der Waals surface area (Å²) in [6.07, 6.45) is 2.23. The molecule has 29 heavy (non-hydrogen) atoms. The lowest BCUT2D eigenvalue weighted by Crippen LogP contribution is -2.45. The van der Waals surface area contributed by atoms with Gasteiger partial charge in [-0.1, -0.05) is 58.4 Å². The number of carbonyl (C=O) groups is 2. The zero-order valence-corrected chi connectivity index (χ0v) is 17.2. The van der Waals surface area contributed by atoms with E-state index in [0.717, 1.165) is 16.5 Å². The maximum absolute atomic E-state index is 13.5. The van der Waals surface area contributed by atoms with Crippen LogP contribution in [-0.2, 0) is 17.8 Å². The number of rotatable bonds is 4. The summed E-state index contributed by atoms with van der Waals surface area (Å²) < 4.78 is 2.06. The standard InChI is InChI=1S/C23H19BrN2O3/c24-19-10-8-17(9-11-19)22(28)21(26-13-4-3-7-20(26)27)23(29)25-14-12-16-5-1-2-6-18(16)15-25/h1-11,13,21H,12,14-15H2. The molecule has 1 atom stereocenters. The lowest BCUT2D eigenvalue weighted by Gasteiger charge is -2.32. The van der Waals surface area contributed by atoms with Crippen LogP contribution in [0, 0.1) is 0 Å². The number of aromatic nitrogens is 1. The van der Waals surface area contributed by atoms with E-state index < -0.39 is 11.8 Å². The summed E-state index contributed by atoms with van der Waals surface area (Å²) in [5, 5.41) is 0. The van der Waals surface area contributed by atoms with E-state index in [1.165, 1.54) is 22.4 Å². The monoisotopic (exact) mass is 450 g/mol. The minimum Gasteiger partial charge on any atom is -0.336 e. The summed E-state index contributed by atoms with van der Waals surface area (Å²) in [5.41, 5.74) is 2.29. The molecule has 6 heteroatoms. The molecule has 0 bridgehead atoms. The Balaban J connectivity index is 1.72. The Morgan fingerprint density at radius 2 is 1.59 bits per heavy atom. The topological polar surface area (TPSA) is 59.4 Å². The molecule has 5 nitrogen and oxygen atoms in total.